The van der Waals surface area contributed by atoms with Crippen LogP contribution in [0.25, 0.3) is 6.08 Å². The minimum absolute atomic E-state index is 0.0450. The lowest BCUT2D eigenvalue weighted by Crippen LogP contribution is -2.08. The van der Waals surface area contributed by atoms with Crippen molar-refractivity contribution >= 4 is 19.5 Å². The molecular weight excluding hydrogens is 323 g/mol. The highest BCUT2D eigenvalue weighted by Gasteiger charge is 2.35. The zero-order valence-electron chi connectivity index (χ0n) is 13.8. The van der Waals surface area contributed by atoms with Gasteiger partial charge in [0.2, 0.25) is 5.78 Å². The summed E-state index contributed by atoms with van der Waals surface area (Å²) in [7, 11) is -3.70. The van der Waals surface area contributed by atoms with Crippen LogP contribution in [0, 0.1) is 0 Å². The van der Waals surface area contributed by atoms with Gasteiger partial charge in [0.1, 0.15) is 5.31 Å². The molecule has 2 aromatic rings. The van der Waals surface area contributed by atoms with E-state index in [1.807, 2.05) is 36.4 Å². The van der Waals surface area contributed by atoms with E-state index in [2.05, 4.69) is 0 Å². The summed E-state index contributed by atoms with van der Waals surface area (Å²) in [4.78, 5) is 12.9. The minimum atomic E-state index is -3.70. The molecule has 0 atom stereocenters. The van der Waals surface area contributed by atoms with E-state index in [4.69, 9.17) is 9.05 Å². The average molecular weight is 344 g/mol. The molecule has 2 aromatic carbocycles. The summed E-state index contributed by atoms with van der Waals surface area (Å²) in [5.41, 5.74) is 1.20. The van der Waals surface area contributed by atoms with Gasteiger partial charge in [0.25, 0.3) is 0 Å². The second kappa shape index (κ2) is 8.74. The number of allylic oxidation sites excluding steroid dienone is 1. The van der Waals surface area contributed by atoms with Crippen LogP contribution in [0.3, 0.4) is 0 Å². The Morgan fingerprint density at radius 1 is 0.917 bits per heavy atom. The molecule has 0 heterocycles. The van der Waals surface area contributed by atoms with Gasteiger partial charge >= 0.3 is 7.60 Å². The Labute approximate surface area is 142 Å². The van der Waals surface area contributed by atoms with Crippen molar-refractivity contribution in [1.82, 2.24) is 0 Å². The molecule has 0 amide bonds. The van der Waals surface area contributed by atoms with Crippen molar-refractivity contribution in [3.63, 3.8) is 0 Å². The number of carbonyl (C=O) groups excluding carboxylic acids is 1. The first-order valence-electron chi connectivity index (χ1n) is 7.87. The summed E-state index contributed by atoms with van der Waals surface area (Å²) < 4.78 is 24.0. The SMILES string of the molecule is CCOP(=O)(OCC)/C(=C\c1ccccc1)C(=O)c1ccccc1. The lowest BCUT2D eigenvalue weighted by Gasteiger charge is -2.19. The van der Waals surface area contributed by atoms with E-state index in [-0.39, 0.29) is 24.3 Å². The van der Waals surface area contributed by atoms with Crippen molar-refractivity contribution in [2.45, 2.75) is 13.8 Å². The van der Waals surface area contributed by atoms with Crippen LogP contribution in [-0.2, 0) is 13.6 Å². The number of benzene rings is 2. The molecule has 0 bridgehead atoms. The Kier molecular flexibility index (Phi) is 6.68. The van der Waals surface area contributed by atoms with Crippen molar-refractivity contribution in [2.75, 3.05) is 13.2 Å². The molecule has 0 N–H and O–H groups in total. The van der Waals surface area contributed by atoms with Crippen LogP contribution in [0.4, 0.5) is 0 Å². The van der Waals surface area contributed by atoms with Crippen LogP contribution in [0.15, 0.2) is 66.0 Å². The third kappa shape index (κ3) is 4.51. The molecule has 0 aliphatic heterocycles. The van der Waals surface area contributed by atoms with E-state index < -0.39 is 7.60 Å². The van der Waals surface area contributed by atoms with Gasteiger partial charge < -0.3 is 9.05 Å². The van der Waals surface area contributed by atoms with Gasteiger partial charge in [-0.1, -0.05) is 60.7 Å². The fraction of sp³-hybridized carbons (Fsp3) is 0.211. The molecule has 0 aromatic heterocycles. The van der Waals surface area contributed by atoms with Crippen molar-refractivity contribution in [3.05, 3.63) is 77.1 Å². The van der Waals surface area contributed by atoms with E-state index in [1.54, 1.807) is 44.2 Å². The van der Waals surface area contributed by atoms with E-state index in [0.29, 0.717) is 5.56 Å². The smallest absolute Gasteiger partial charge is 0.305 e. The summed E-state index contributed by atoms with van der Waals surface area (Å²) in [6.45, 7) is 3.81. The highest BCUT2D eigenvalue weighted by molar-refractivity contribution is 7.60. The van der Waals surface area contributed by atoms with Gasteiger partial charge in [-0.25, -0.2) is 0 Å². The molecule has 0 aliphatic carbocycles. The number of carbonyl (C=O) groups is 1. The van der Waals surface area contributed by atoms with Crippen LogP contribution in [0.2, 0.25) is 0 Å². The zero-order chi connectivity index (χ0) is 17.4. The monoisotopic (exact) mass is 344 g/mol. The lowest BCUT2D eigenvalue weighted by atomic mass is 10.1. The molecule has 0 aliphatic rings. The molecule has 0 fully saturated rings. The molecule has 0 spiro atoms. The highest BCUT2D eigenvalue weighted by atomic mass is 31.2. The van der Waals surface area contributed by atoms with E-state index in [1.165, 1.54) is 0 Å². The summed E-state index contributed by atoms with van der Waals surface area (Å²) in [5, 5.41) is 0.0450. The van der Waals surface area contributed by atoms with Gasteiger partial charge in [0.15, 0.2) is 0 Å². The predicted octanol–water partition coefficient (Wildman–Crippen LogP) is 5.18. The first-order valence-corrected chi connectivity index (χ1v) is 9.41. The second-order valence-electron chi connectivity index (χ2n) is 4.97. The predicted molar refractivity (Wildman–Crippen MR) is 96.1 cm³/mol. The lowest BCUT2D eigenvalue weighted by molar-refractivity contribution is 0.103. The normalized spacial score (nSPS) is 12.2. The van der Waals surface area contributed by atoms with Gasteiger partial charge in [-0.15, -0.1) is 0 Å². The molecule has 2 rings (SSSR count). The molecular formula is C19H21O4P. The van der Waals surface area contributed by atoms with Crippen molar-refractivity contribution < 1.29 is 18.4 Å². The number of hydrogen-bond donors (Lipinski definition) is 0. The Hall–Kier alpha value is -2.00. The van der Waals surface area contributed by atoms with Gasteiger partial charge in [0.05, 0.1) is 13.2 Å². The third-order valence-corrected chi connectivity index (χ3v) is 5.38. The zero-order valence-corrected chi connectivity index (χ0v) is 14.7. The van der Waals surface area contributed by atoms with Crippen molar-refractivity contribution in [2.24, 2.45) is 0 Å². The van der Waals surface area contributed by atoms with Crippen LogP contribution < -0.4 is 0 Å². The Morgan fingerprint density at radius 3 is 1.92 bits per heavy atom. The van der Waals surface area contributed by atoms with E-state index >= 15 is 0 Å². The molecule has 0 radical (unpaired) electrons. The van der Waals surface area contributed by atoms with Crippen molar-refractivity contribution in [1.29, 1.82) is 0 Å². The van der Waals surface area contributed by atoms with E-state index in [9.17, 15) is 9.36 Å². The van der Waals surface area contributed by atoms with Crippen LogP contribution in [-0.4, -0.2) is 19.0 Å². The number of rotatable bonds is 8. The molecule has 4 nitrogen and oxygen atoms in total. The number of Topliss-reactive ketones (excluding diaryl/α,β-unsaturated/α-hetero) is 1. The Bertz CT molecular complexity index is 728. The van der Waals surface area contributed by atoms with Gasteiger partial charge in [-0.05, 0) is 25.5 Å². The second-order valence-corrected chi connectivity index (χ2v) is 6.96. The molecule has 5 heteroatoms. The fourth-order valence-corrected chi connectivity index (χ4v) is 3.95. The van der Waals surface area contributed by atoms with Gasteiger partial charge in [-0.3, -0.25) is 9.36 Å². The highest BCUT2D eigenvalue weighted by Crippen LogP contribution is 2.57. The van der Waals surface area contributed by atoms with Crippen LogP contribution in [0.1, 0.15) is 29.8 Å². The summed E-state index contributed by atoms with van der Waals surface area (Å²) in [6.07, 6.45) is 1.58. The quantitative estimate of drug-likeness (QED) is 0.376. The minimum Gasteiger partial charge on any atom is -0.305 e. The third-order valence-electron chi connectivity index (χ3n) is 3.26. The first-order chi connectivity index (χ1) is 11.6. The molecule has 0 saturated heterocycles. The molecule has 126 valence electrons. The van der Waals surface area contributed by atoms with Crippen LogP contribution >= 0.6 is 7.60 Å². The largest absolute Gasteiger partial charge is 0.365 e. The average Bonchev–Trinajstić information content (AvgIpc) is 2.61. The van der Waals surface area contributed by atoms with Crippen LogP contribution in [0.5, 0.6) is 0 Å². The maximum absolute atomic E-state index is 13.2. The first kappa shape index (κ1) is 18.3. The van der Waals surface area contributed by atoms with E-state index in [0.717, 1.165) is 5.56 Å². The standard InChI is InChI=1S/C19H21O4P/c1-3-22-24(21,23-4-2)18(15-16-11-7-5-8-12-16)19(20)17-13-9-6-10-14-17/h5-15H,3-4H2,1-2H3/b18-15-. The fourth-order valence-electron chi connectivity index (χ4n) is 2.23. The summed E-state index contributed by atoms with van der Waals surface area (Å²) >= 11 is 0. The topological polar surface area (TPSA) is 52.6 Å². The molecule has 24 heavy (non-hydrogen) atoms. The molecule has 0 unspecified atom stereocenters. The maximum atomic E-state index is 13.2. The van der Waals surface area contributed by atoms with Gasteiger partial charge in [0, 0.05) is 5.56 Å². The van der Waals surface area contributed by atoms with Gasteiger partial charge in [-0.2, -0.15) is 0 Å². The summed E-state index contributed by atoms with van der Waals surface area (Å²) in [5.74, 6) is -0.357. The molecule has 0 saturated carbocycles. The maximum Gasteiger partial charge on any atom is 0.365 e. The Balaban J connectivity index is 2.55. The van der Waals surface area contributed by atoms with Crippen molar-refractivity contribution in [3.8, 4) is 0 Å². The Morgan fingerprint density at radius 2 is 1.42 bits per heavy atom. The number of hydrogen-bond acceptors (Lipinski definition) is 4. The summed E-state index contributed by atoms with van der Waals surface area (Å²) in [6, 6.07) is 18.0. The number of ketones is 1.